The normalized spacial score (nSPS) is 13.4. The van der Waals surface area contributed by atoms with Crippen LogP contribution in [0.3, 0.4) is 0 Å². The maximum Gasteiger partial charge on any atom is 0.0408 e. The predicted molar refractivity (Wildman–Crippen MR) is 54.7 cm³/mol. The summed E-state index contributed by atoms with van der Waals surface area (Å²) in [5, 5.41) is 0.833. The second kappa shape index (κ2) is 3.95. The molecule has 1 atom stereocenters. The molecule has 0 N–H and O–H groups in total. The zero-order chi connectivity index (χ0) is 9.14. The van der Waals surface area contributed by atoms with Crippen LogP contribution in [0.5, 0.6) is 0 Å². The molecule has 0 unspecified atom stereocenters. The lowest BCUT2D eigenvalue weighted by Gasteiger charge is -2.15. The summed E-state index contributed by atoms with van der Waals surface area (Å²) in [5.41, 5.74) is 1.33. The van der Waals surface area contributed by atoms with Gasteiger partial charge in [-0.2, -0.15) is 0 Å². The van der Waals surface area contributed by atoms with E-state index in [-0.39, 0.29) is 0 Å². The minimum Gasteiger partial charge on any atom is -0.0843 e. The molecule has 0 saturated heterocycles. The SMILES string of the molecule is CC(C)[C@H](C)c1cccc(Cl)c1. The first-order chi connectivity index (χ1) is 5.61. The Morgan fingerprint density at radius 1 is 1.17 bits per heavy atom. The van der Waals surface area contributed by atoms with E-state index in [9.17, 15) is 0 Å². The zero-order valence-corrected chi connectivity index (χ0v) is 8.60. The molecule has 0 radical (unpaired) electrons. The summed E-state index contributed by atoms with van der Waals surface area (Å²) >= 11 is 5.89. The fourth-order valence-corrected chi connectivity index (χ4v) is 1.37. The van der Waals surface area contributed by atoms with Crippen molar-refractivity contribution in [3.63, 3.8) is 0 Å². The van der Waals surface area contributed by atoms with Gasteiger partial charge in [0.05, 0.1) is 0 Å². The quantitative estimate of drug-likeness (QED) is 0.646. The fourth-order valence-electron chi connectivity index (χ4n) is 1.17. The maximum absolute atomic E-state index is 5.89. The highest BCUT2D eigenvalue weighted by Crippen LogP contribution is 2.25. The number of hydrogen-bond acceptors (Lipinski definition) is 0. The fraction of sp³-hybridized carbons (Fsp3) is 0.455. The molecule has 0 bridgehead atoms. The van der Waals surface area contributed by atoms with Gasteiger partial charge in [0, 0.05) is 5.02 Å². The van der Waals surface area contributed by atoms with Crippen molar-refractivity contribution in [3.05, 3.63) is 34.9 Å². The highest BCUT2D eigenvalue weighted by molar-refractivity contribution is 6.30. The summed E-state index contributed by atoms with van der Waals surface area (Å²) < 4.78 is 0. The Morgan fingerprint density at radius 2 is 1.83 bits per heavy atom. The molecule has 66 valence electrons. The molecule has 0 aliphatic rings. The third-order valence-corrected chi connectivity index (χ3v) is 2.61. The molecule has 1 aromatic rings. The van der Waals surface area contributed by atoms with Gasteiger partial charge in [-0.05, 0) is 29.5 Å². The Kier molecular flexibility index (Phi) is 3.16. The van der Waals surface area contributed by atoms with Crippen molar-refractivity contribution < 1.29 is 0 Å². The average molecular weight is 183 g/mol. The summed E-state index contributed by atoms with van der Waals surface area (Å²) in [5.74, 6) is 1.26. The van der Waals surface area contributed by atoms with Gasteiger partial charge in [0.1, 0.15) is 0 Å². The van der Waals surface area contributed by atoms with E-state index in [0.29, 0.717) is 11.8 Å². The number of benzene rings is 1. The average Bonchev–Trinajstić information content (AvgIpc) is 2.03. The van der Waals surface area contributed by atoms with Crippen molar-refractivity contribution >= 4 is 11.6 Å². The van der Waals surface area contributed by atoms with Gasteiger partial charge in [-0.15, -0.1) is 0 Å². The molecule has 1 heteroatoms. The minimum atomic E-state index is 0.587. The van der Waals surface area contributed by atoms with E-state index in [1.54, 1.807) is 0 Å². The van der Waals surface area contributed by atoms with Gasteiger partial charge in [0.15, 0.2) is 0 Å². The van der Waals surface area contributed by atoms with Gasteiger partial charge in [-0.1, -0.05) is 44.5 Å². The summed E-state index contributed by atoms with van der Waals surface area (Å²) in [6.07, 6.45) is 0. The Labute approximate surface area is 79.6 Å². The maximum atomic E-state index is 5.89. The van der Waals surface area contributed by atoms with Crippen molar-refractivity contribution in [2.24, 2.45) is 5.92 Å². The Hall–Kier alpha value is -0.490. The third-order valence-electron chi connectivity index (χ3n) is 2.37. The molecule has 0 fully saturated rings. The second-order valence-electron chi connectivity index (χ2n) is 3.59. The monoisotopic (exact) mass is 182 g/mol. The van der Waals surface area contributed by atoms with Crippen LogP contribution in [0.4, 0.5) is 0 Å². The van der Waals surface area contributed by atoms with Gasteiger partial charge in [0.2, 0.25) is 0 Å². The number of hydrogen-bond donors (Lipinski definition) is 0. The largest absolute Gasteiger partial charge is 0.0843 e. The third kappa shape index (κ3) is 2.25. The van der Waals surface area contributed by atoms with Crippen LogP contribution in [0.25, 0.3) is 0 Å². The topological polar surface area (TPSA) is 0 Å². The van der Waals surface area contributed by atoms with Crippen molar-refractivity contribution in [1.29, 1.82) is 0 Å². The molecule has 0 aromatic heterocycles. The molecular formula is C11H15Cl. The predicted octanol–water partition coefficient (Wildman–Crippen LogP) is 4.10. The molecule has 1 rings (SSSR count). The van der Waals surface area contributed by atoms with Crippen LogP contribution >= 0.6 is 11.6 Å². The lowest BCUT2D eigenvalue weighted by molar-refractivity contribution is 0.535. The number of rotatable bonds is 2. The number of halogens is 1. The second-order valence-corrected chi connectivity index (χ2v) is 4.02. The van der Waals surface area contributed by atoms with E-state index < -0.39 is 0 Å². The lowest BCUT2D eigenvalue weighted by Crippen LogP contribution is -2.01. The van der Waals surface area contributed by atoms with Crippen LogP contribution in [-0.2, 0) is 0 Å². The van der Waals surface area contributed by atoms with Crippen molar-refractivity contribution in [3.8, 4) is 0 Å². The molecular weight excluding hydrogens is 168 g/mol. The van der Waals surface area contributed by atoms with Crippen LogP contribution in [-0.4, -0.2) is 0 Å². The van der Waals surface area contributed by atoms with Crippen LogP contribution in [0.15, 0.2) is 24.3 Å². The van der Waals surface area contributed by atoms with E-state index in [0.717, 1.165) is 5.02 Å². The summed E-state index contributed by atoms with van der Waals surface area (Å²) in [7, 11) is 0. The van der Waals surface area contributed by atoms with Gasteiger partial charge in [-0.3, -0.25) is 0 Å². The molecule has 0 spiro atoms. The highest BCUT2D eigenvalue weighted by Gasteiger charge is 2.09. The van der Waals surface area contributed by atoms with E-state index in [1.807, 2.05) is 18.2 Å². The van der Waals surface area contributed by atoms with Crippen LogP contribution in [0.1, 0.15) is 32.3 Å². The molecule has 0 aliphatic heterocycles. The standard InChI is InChI=1S/C11H15Cl/c1-8(2)9(3)10-5-4-6-11(12)7-10/h4-9H,1-3H3/t9-/m0/s1. The van der Waals surface area contributed by atoms with Gasteiger partial charge < -0.3 is 0 Å². The van der Waals surface area contributed by atoms with E-state index in [1.165, 1.54) is 5.56 Å². The van der Waals surface area contributed by atoms with Crippen molar-refractivity contribution in [1.82, 2.24) is 0 Å². The van der Waals surface area contributed by atoms with E-state index >= 15 is 0 Å². The van der Waals surface area contributed by atoms with Gasteiger partial charge in [-0.25, -0.2) is 0 Å². The molecule has 0 saturated carbocycles. The van der Waals surface area contributed by atoms with Crippen LogP contribution < -0.4 is 0 Å². The van der Waals surface area contributed by atoms with Crippen molar-refractivity contribution in [2.75, 3.05) is 0 Å². The smallest absolute Gasteiger partial charge is 0.0408 e. The first-order valence-corrected chi connectivity index (χ1v) is 4.74. The Bertz CT molecular complexity index is 253. The first-order valence-electron chi connectivity index (χ1n) is 4.36. The minimum absolute atomic E-state index is 0.587. The van der Waals surface area contributed by atoms with Crippen LogP contribution in [0, 0.1) is 5.92 Å². The summed E-state index contributed by atoms with van der Waals surface area (Å²) in [6, 6.07) is 8.11. The first kappa shape index (κ1) is 9.60. The molecule has 0 nitrogen and oxygen atoms in total. The zero-order valence-electron chi connectivity index (χ0n) is 7.84. The Balaban J connectivity index is 2.88. The lowest BCUT2D eigenvalue weighted by atomic mass is 9.90. The van der Waals surface area contributed by atoms with Crippen molar-refractivity contribution in [2.45, 2.75) is 26.7 Å². The van der Waals surface area contributed by atoms with E-state index in [4.69, 9.17) is 11.6 Å². The molecule has 0 aliphatic carbocycles. The molecule has 0 amide bonds. The van der Waals surface area contributed by atoms with Crippen LogP contribution in [0.2, 0.25) is 5.02 Å². The highest BCUT2D eigenvalue weighted by atomic mass is 35.5. The molecule has 1 aromatic carbocycles. The van der Waals surface area contributed by atoms with Gasteiger partial charge in [0.25, 0.3) is 0 Å². The molecule has 0 heterocycles. The van der Waals surface area contributed by atoms with E-state index in [2.05, 4.69) is 26.8 Å². The summed E-state index contributed by atoms with van der Waals surface area (Å²) in [6.45, 7) is 6.69. The Morgan fingerprint density at radius 3 is 2.33 bits per heavy atom. The van der Waals surface area contributed by atoms with Gasteiger partial charge >= 0.3 is 0 Å². The molecule has 12 heavy (non-hydrogen) atoms. The summed E-state index contributed by atoms with van der Waals surface area (Å²) in [4.78, 5) is 0.